The summed E-state index contributed by atoms with van der Waals surface area (Å²) in [5.74, 6) is -1.40. The lowest BCUT2D eigenvalue weighted by Gasteiger charge is -2.22. The molecule has 3 aromatic carbocycles. The Morgan fingerprint density at radius 2 is 1.80 bits per heavy atom. The van der Waals surface area contributed by atoms with Crippen molar-refractivity contribution in [2.75, 3.05) is 11.5 Å². The highest BCUT2D eigenvalue weighted by Crippen LogP contribution is 2.44. The van der Waals surface area contributed by atoms with Crippen LogP contribution in [0.25, 0.3) is 5.76 Å². The molecular weight excluding hydrogens is 585 g/mol. The molecule has 1 amide bonds. The molecule has 1 unspecified atom stereocenters. The number of benzene rings is 3. The molecule has 210 valence electrons. The Hall–Kier alpha value is -3.73. The number of carbonyl (C=O) groups excluding carboxylic acids is 2. The zero-order valence-corrected chi connectivity index (χ0v) is 24.3. The van der Waals surface area contributed by atoms with Crippen LogP contribution >= 0.6 is 34.7 Å². The summed E-state index contributed by atoms with van der Waals surface area (Å²) in [6, 6.07) is 18.5. The fraction of sp³-hybridized carbons (Fsp3) is 0.200. The van der Waals surface area contributed by atoms with Gasteiger partial charge in [-0.25, -0.2) is 4.39 Å². The monoisotopic (exact) mass is 609 g/mol. The van der Waals surface area contributed by atoms with E-state index in [-0.39, 0.29) is 16.5 Å². The number of thioether (sulfide) groups is 1. The quantitative estimate of drug-likeness (QED) is 0.0499. The number of carbonyl (C=O) groups is 2. The van der Waals surface area contributed by atoms with Crippen LogP contribution in [-0.4, -0.2) is 33.6 Å². The molecule has 0 radical (unpaired) electrons. The molecule has 4 aromatic rings. The van der Waals surface area contributed by atoms with E-state index in [1.165, 1.54) is 40.9 Å². The molecule has 7 nitrogen and oxygen atoms in total. The number of anilines is 1. The maximum atomic E-state index is 13.8. The van der Waals surface area contributed by atoms with Gasteiger partial charge >= 0.3 is 5.91 Å². The van der Waals surface area contributed by atoms with Crippen LogP contribution in [0, 0.1) is 5.82 Å². The number of hydrogen-bond acceptors (Lipinski definition) is 8. The van der Waals surface area contributed by atoms with Gasteiger partial charge in [0.2, 0.25) is 5.13 Å². The van der Waals surface area contributed by atoms with Gasteiger partial charge in [-0.3, -0.25) is 14.5 Å². The normalized spacial score (nSPS) is 16.4. The highest BCUT2D eigenvalue weighted by Gasteiger charge is 2.48. The summed E-state index contributed by atoms with van der Waals surface area (Å²) in [4.78, 5) is 28.0. The Bertz CT molecular complexity index is 1590. The van der Waals surface area contributed by atoms with Gasteiger partial charge in [-0.2, -0.15) is 0 Å². The van der Waals surface area contributed by atoms with Crippen LogP contribution in [0.15, 0.2) is 82.7 Å². The fourth-order valence-corrected chi connectivity index (χ4v) is 6.46. The van der Waals surface area contributed by atoms with Crippen molar-refractivity contribution in [2.24, 2.45) is 0 Å². The second-order valence-electron chi connectivity index (χ2n) is 9.18. The molecule has 0 saturated carbocycles. The number of halogens is 2. The number of ketones is 1. The molecule has 0 aliphatic carbocycles. The molecule has 1 atom stereocenters. The molecule has 1 aliphatic rings. The second kappa shape index (κ2) is 12.8. The zero-order valence-electron chi connectivity index (χ0n) is 21.9. The molecule has 11 heteroatoms. The number of amides is 1. The standard InChI is InChI=1S/C30H25ClFN3O4S2/c1-2-3-16-39-22-14-10-19(11-15-22)26(36)24-25(18-8-12-21(32)13-9-18)35(28(38)27(24)37)29-33-34-30(41-29)40-17-20-6-4-5-7-23(20)31/h4-15,25,36H,2-3,16-17H2,1H3. The van der Waals surface area contributed by atoms with Crippen LogP contribution in [0.4, 0.5) is 9.52 Å². The molecular formula is C30H25ClFN3O4S2. The van der Waals surface area contributed by atoms with Crippen LogP contribution < -0.4 is 9.64 Å². The third-order valence-electron chi connectivity index (χ3n) is 6.44. The van der Waals surface area contributed by atoms with Crippen molar-refractivity contribution in [1.29, 1.82) is 0 Å². The maximum Gasteiger partial charge on any atom is 0.301 e. The van der Waals surface area contributed by atoms with Gasteiger partial charge in [-0.15, -0.1) is 10.2 Å². The van der Waals surface area contributed by atoms with Crippen molar-refractivity contribution >= 4 is 57.3 Å². The Morgan fingerprint density at radius 1 is 1.07 bits per heavy atom. The number of aromatic nitrogens is 2. The highest BCUT2D eigenvalue weighted by molar-refractivity contribution is 8.00. The Kier molecular flexibility index (Phi) is 9.02. The summed E-state index contributed by atoms with van der Waals surface area (Å²) < 4.78 is 20.1. The largest absolute Gasteiger partial charge is 0.507 e. The van der Waals surface area contributed by atoms with E-state index < -0.39 is 23.5 Å². The van der Waals surface area contributed by atoms with E-state index in [9.17, 15) is 19.1 Å². The number of Topliss-reactive ketones (excluding diaryl/α,β-unsaturated/α-hetero) is 1. The predicted molar refractivity (Wildman–Crippen MR) is 159 cm³/mol. The van der Waals surface area contributed by atoms with Gasteiger partial charge in [0, 0.05) is 16.3 Å². The molecule has 2 heterocycles. The summed E-state index contributed by atoms with van der Waals surface area (Å²) in [5, 5.41) is 20.5. The van der Waals surface area contributed by atoms with Crippen LogP contribution in [0.1, 0.15) is 42.5 Å². The first-order chi connectivity index (χ1) is 19.9. The highest BCUT2D eigenvalue weighted by atomic mass is 35.5. The van der Waals surface area contributed by atoms with Gasteiger partial charge < -0.3 is 9.84 Å². The molecule has 41 heavy (non-hydrogen) atoms. The second-order valence-corrected chi connectivity index (χ2v) is 11.8. The Labute approximate surface area is 249 Å². The summed E-state index contributed by atoms with van der Waals surface area (Å²) >= 11 is 8.80. The van der Waals surface area contributed by atoms with Crippen LogP contribution in [0.5, 0.6) is 5.75 Å². The smallest absolute Gasteiger partial charge is 0.301 e. The number of aliphatic hydroxyl groups is 1. The number of unbranched alkanes of at least 4 members (excludes halogenated alkanes) is 1. The lowest BCUT2D eigenvalue weighted by Crippen LogP contribution is -2.29. The molecule has 1 aromatic heterocycles. The van der Waals surface area contributed by atoms with Crippen LogP contribution in [0.2, 0.25) is 5.02 Å². The zero-order chi connectivity index (χ0) is 28.9. The van der Waals surface area contributed by atoms with E-state index >= 15 is 0 Å². The first-order valence-electron chi connectivity index (χ1n) is 12.9. The Balaban J connectivity index is 1.49. The Morgan fingerprint density at radius 3 is 2.51 bits per heavy atom. The molecule has 1 saturated heterocycles. The van der Waals surface area contributed by atoms with Gasteiger partial charge in [0.25, 0.3) is 5.78 Å². The van der Waals surface area contributed by atoms with E-state index in [0.29, 0.717) is 38.6 Å². The minimum atomic E-state index is -1.04. The van der Waals surface area contributed by atoms with Crippen molar-refractivity contribution in [1.82, 2.24) is 10.2 Å². The van der Waals surface area contributed by atoms with E-state index in [2.05, 4.69) is 17.1 Å². The van der Waals surface area contributed by atoms with E-state index in [0.717, 1.165) is 29.7 Å². The average molecular weight is 610 g/mol. The summed E-state index contributed by atoms with van der Waals surface area (Å²) in [7, 11) is 0. The molecule has 1 fully saturated rings. The third-order valence-corrected chi connectivity index (χ3v) is 8.91. The van der Waals surface area contributed by atoms with Gasteiger partial charge in [0.1, 0.15) is 17.3 Å². The van der Waals surface area contributed by atoms with Gasteiger partial charge in [-0.05, 0) is 60.0 Å². The number of rotatable bonds is 10. The molecule has 0 bridgehead atoms. The third kappa shape index (κ3) is 6.29. The predicted octanol–water partition coefficient (Wildman–Crippen LogP) is 7.43. The fourth-order valence-electron chi connectivity index (χ4n) is 4.30. The number of ether oxygens (including phenoxy) is 1. The van der Waals surface area contributed by atoms with Crippen molar-refractivity contribution in [3.05, 3.63) is 106 Å². The summed E-state index contributed by atoms with van der Waals surface area (Å²) in [6.45, 7) is 2.64. The van der Waals surface area contributed by atoms with Crippen LogP contribution in [0.3, 0.4) is 0 Å². The van der Waals surface area contributed by atoms with Crippen molar-refractivity contribution in [3.8, 4) is 5.75 Å². The number of hydrogen-bond donors (Lipinski definition) is 1. The molecule has 1 aliphatic heterocycles. The lowest BCUT2D eigenvalue weighted by atomic mass is 9.95. The number of nitrogens with zero attached hydrogens (tertiary/aromatic N) is 3. The lowest BCUT2D eigenvalue weighted by molar-refractivity contribution is -0.132. The topological polar surface area (TPSA) is 92.6 Å². The summed E-state index contributed by atoms with van der Waals surface area (Å²) in [5.41, 5.74) is 1.57. The van der Waals surface area contributed by atoms with E-state index in [1.807, 2.05) is 18.2 Å². The van der Waals surface area contributed by atoms with E-state index in [4.69, 9.17) is 16.3 Å². The summed E-state index contributed by atoms with van der Waals surface area (Å²) in [6.07, 6.45) is 1.91. The van der Waals surface area contributed by atoms with Crippen molar-refractivity contribution in [2.45, 2.75) is 35.9 Å². The minimum Gasteiger partial charge on any atom is -0.507 e. The van der Waals surface area contributed by atoms with Crippen molar-refractivity contribution in [3.63, 3.8) is 0 Å². The van der Waals surface area contributed by atoms with Gasteiger partial charge in [0.05, 0.1) is 18.2 Å². The molecule has 5 rings (SSSR count). The molecule has 0 spiro atoms. The number of aliphatic hydroxyl groups excluding tert-OH is 1. The maximum absolute atomic E-state index is 13.8. The van der Waals surface area contributed by atoms with Gasteiger partial charge in [0.15, 0.2) is 4.34 Å². The van der Waals surface area contributed by atoms with Crippen LogP contribution in [-0.2, 0) is 15.3 Å². The first-order valence-corrected chi connectivity index (χ1v) is 15.0. The first kappa shape index (κ1) is 28.8. The SMILES string of the molecule is CCCCOc1ccc(C(O)=C2C(=O)C(=O)N(c3nnc(SCc4ccccc4Cl)s3)C2c2ccc(F)cc2)cc1. The van der Waals surface area contributed by atoms with Gasteiger partial charge in [-0.1, -0.05) is 78.4 Å². The molecule has 1 N–H and O–H groups in total. The average Bonchev–Trinajstić information content (AvgIpc) is 3.55. The minimum absolute atomic E-state index is 0.123. The van der Waals surface area contributed by atoms with Crippen molar-refractivity contribution < 1.29 is 23.8 Å². The van der Waals surface area contributed by atoms with E-state index in [1.54, 1.807) is 30.3 Å².